The molecule has 16 heavy (non-hydrogen) atoms. The Morgan fingerprint density at radius 2 is 1.44 bits per heavy atom. The third kappa shape index (κ3) is 3.48. The summed E-state index contributed by atoms with van der Waals surface area (Å²) in [5.74, 6) is 0.761. The van der Waals surface area contributed by atoms with E-state index in [9.17, 15) is 0 Å². The summed E-state index contributed by atoms with van der Waals surface area (Å²) in [7, 11) is 0. The molecule has 1 nitrogen and oxygen atoms in total. The summed E-state index contributed by atoms with van der Waals surface area (Å²) in [5.41, 5.74) is 0.815. The SMILES string of the molecule is CC(C)C(C)(C)CC(C)(C)N1CCCCC1. The van der Waals surface area contributed by atoms with Gasteiger partial charge in [-0.3, -0.25) is 4.90 Å². The summed E-state index contributed by atoms with van der Waals surface area (Å²) in [6, 6.07) is 0. The number of piperidine rings is 1. The van der Waals surface area contributed by atoms with Gasteiger partial charge in [-0.1, -0.05) is 34.1 Å². The van der Waals surface area contributed by atoms with Crippen LogP contribution in [0.2, 0.25) is 0 Å². The van der Waals surface area contributed by atoms with Crippen molar-refractivity contribution in [2.75, 3.05) is 13.1 Å². The number of nitrogens with zero attached hydrogens (tertiary/aromatic N) is 1. The third-order valence-corrected chi connectivity index (χ3v) is 4.66. The van der Waals surface area contributed by atoms with E-state index in [4.69, 9.17) is 0 Å². The topological polar surface area (TPSA) is 3.24 Å². The first-order chi connectivity index (χ1) is 7.26. The Labute approximate surface area is 103 Å². The highest BCUT2D eigenvalue weighted by atomic mass is 15.2. The molecule has 0 saturated carbocycles. The first-order valence-corrected chi connectivity index (χ1v) is 7.01. The Morgan fingerprint density at radius 3 is 1.88 bits per heavy atom. The molecular formula is C15H31N. The normalized spacial score (nSPS) is 20.4. The molecule has 0 N–H and O–H groups in total. The lowest BCUT2D eigenvalue weighted by molar-refractivity contribution is 0.0401. The molecule has 0 bridgehead atoms. The molecule has 0 amide bonds. The zero-order chi connectivity index (χ0) is 12.4. The quantitative estimate of drug-likeness (QED) is 0.688. The van der Waals surface area contributed by atoms with E-state index >= 15 is 0 Å². The van der Waals surface area contributed by atoms with E-state index in [1.165, 1.54) is 38.8 Å². The van der Waals surface area contributed by atoms with Crippen LogP contribution in [0.25, 0.3) is 0 Å². The van der Waals surface area contributed by atoms with Crippen molar-refractivity contribution in [3.63, 3.8) is 0 Å². The maximum absolute atomic E-state index is 2.71. The van der Waals surface area contributed by atoms with Crippen LogP contribution in [0.1, 0.15) is 67.2 Å². The maximum Gasteiger partial charge on any atom is 0.0158 e. The lowest BCUT2D eigenvalue weighted by atomic mass is 9.72. The zero-order valence-electron chi connectivity index (χ0n) is 12.3. The van der Waals surface area contributed by atoms with Crippen LogP contribution in [0.4, 0.5) is 0 Å². The molecule has 0 aliphatic carbocycles. The highest BCUT2D eigenvalue weighted by molar-refractivity contribution is 4.89. The van der Waals surface area contributed by atoms with Crippen molar-refractivity contribution in [3.05, 3.63) is 0 Å². The van der Waals surface area contributed by atoms with Gasteiger partial charge >= 0.3 is 0 Å². The Hall–Kier alpha value is -0.0400. The van der Waals surface area contributed by atoms with Crippen LogP contribution in [0.3, 0.4) is 0 Å². The van der Waals surface area contributed by atoms with E-state index in [1.807, 2.05) is 0 Å². The first-order valence-electron chi connectivity index (χ1n) is 7.01. The molecule has 1 rings (SSSR count). The fourth-order valence-corrected chi connectivity index (χ4v) is 2.93. The Morgan fingerprint density at radius 1 is 0.938 bits per heavy atom. The second kappa shape index (κ2) is 5.08. The molecule has 1 heterocycles. The second-order valence-corrected chi connectivity index (χ2v) is 7.18. The third-order valence-electron chi connectivity index (χ3n) is 4.66. The molecule has 96 valence electrons. The van der Waals surface area contributed by atoms with Crippen molar-refractivity contribution < 1.29 is 0 Å². The van der Waals surface area contributed by atoms with Gasteiger partial charge in [0.05, 0.1) is 0 Å². The molecule has 0 aromatic heterocycles. The van der Waals surface area contributed by atoms with Crippen LogP contribution in [-0.2, 0) is 0 Å². The smallest absolute Gasteiger partial charge is 0.0158 e. The average Bonchev–Trinajstić information content (AvgIpc) is 2.17. The minimum Gasteiger partial charge on any atom is -0.298 e. The molecule has 0 atom stereocenters. The molecule has 0 radical (unpaired) electrons. The number of likely N-dealkylation sites (tertiary alicyclic amines) is 1. The van der Waals surface area contributed by atoms with Crippen molar-refractivity contribution in [1.29, 1.82) is 0 Å². The van der Waals surface area contributed by atoms with Crippen molar-refractivity contribution >= 4 is 0 Å². The van der Waals surface area contributed by atoms with Crippen LogP contribution in [0, 0.1) is 11.3 Å². The van der Waals surface area contributed by atoms with E-state index in [0.29, 0.717) is 11.0 Å². The largest absolute Gasteiger partial charge is 0.298 e. The van der Waals surface area contributed by atoms with Gasteiger partial charge in [-0.15, -0.1) is 0 Å². The van der Waals surface area contributed by atoms with Crippen molar-refractivity contribution in [2.45, 2.75) is 72.8 Å². The number of hydrogen-bond donors (Lipinski definition) is 0. The van der Waals surface area contributed by atoms with Gasteiger partial charge < -0.3 is 0 Å². The molecule has 1 saturated heterocycles. The fraction of sp³-hybridized carbons (Fsp3) is 1.00. The fourth-order valence-electron chi connectivity index (χ4n) is 2.93. The molecule has 0 spiro atoms. The summed E-state index contributed by atoms with van der Waals surface area (Å²) in [4.78, 5) is 2.71. The molecule has 0 aromatic rings. The van der Waals surface area contributed by atoms with Crippen LogP contribution < -0.4 is 0 Å². The highest BCUT2D eigenvalue weighted by Crippen LogP contribution is 2.38. The van der Waals surface area contributed by atoms with Crippen molar-refractivity contribution in [2.24, 2.45) is 11.3 Å². The van der Waals surface area contributed by atoms with Gasteiger partial charge in [0.25, 0.3) is 0 Å². The second-order valence-electron chi connectivity index (χ2n) is 7.18. The molecule has 0 aromatic carbocycles. The molecular weight excluding hydrogens is 194 g/mol. The standard InChI is InChI=1S/C15H31N/c1-13(2)14(3,4)12-15(5,6)16-10-8-7-9-11-16/h13H,7-12H2,1-6H3. The van der Waals surface area contributed by atoms with E-state index in [2.05, 4.69) is 46.4 Å². The van der Waals surface area contributed by atoms with Crippen LogP contribution in [-0.4, -0.2) is 23.5 Å². The molecule has 1 aliphatic heterocycles. The van der Waals surface area contributed by atoms with Crippen LogP contribution in [0.15, 0.2) is 0 Å². The summed E-state index contributed by atoms with van der Waals surface area (Å²) in [6.07, 6.45) is 5.52. The summed E-state index contributed by atoms with van der Waals surface area (Å²) in [5, 5.41) is 0. The Bertz CT molecular complexity index is 209. The van der Waals surface area contributed by atoms with E-state index in [1.54, 1.807) is 0 Å². The summed E-state index contributed by atoms with van der Waals surface area (Å²) >= 11 is 0. The van der Waals surface area contributed by atoms with Gasteiger partial charge in [0, 0.05) is 5.54 Å². The predicted molar refractivity (Wildman–Crippen MR) is 72.7 cm³/mol. The zero-order valence-corrected chi connectivity index (χ0v) is 12.3. The number of hydrogen-bond acceptors (Lipinski definition) is 1. The van der Waals surface area contributed by atoms with Gasteiger partial charge in [-0.25, -0.2) is 0 Å². The minimum absolute atomic E-state index is 0.369. The average molecular weight is 225 g/mol. The van der Waals surface area contributed by atoms with E-state index in [-0.39, 0.29) is 0 Å². The summed E-state index contributed by atoms with van der Waals surface area (Å²) < 4.78 is 0. The minimum atomic E-state index is 0.369. The molecule has 1 aliphatic rings. The maximum atomic E-state index is 2.71. The molecule has 0 unspecified atom stereocenters. The van der Waals surface area contributed by atoms with Gasteiger partial charge in [-0.2, -0.15) is 0 Å². The first kappa shape index (κ1) is 14.0. The van der Waals surface area contributed by atoms with Gasteiger partial charge in [0.15, 0.2) is 0 Å². The summed E-state index contributed by atoms with van der Waals surface area (Å²) in [6.45, 7) is 17.0. The van der Waals surface area contributed by atoms with Gasteiger partial charge in [0.1, 0.15) is 0 Å². The lowest BCUT2D eigenvalue weighted by Gasteiger charge is -2.46. The lowest BCUT2D eigenvalue weighted by Crippen LogP contribution is -2.49. The van der Waals surface area contributed by atoms with Crippen molar-refractivity contribution in [3.8, 4) is 0 Å². The highest BCUT2D eigenvalue weighted by Gasteiger charge is 2.35. The van der Waals surface area contributed by atoms with Gasteiger partial charge in [0.2, 0.25) is 0 Å². The van der Waals surface area contributed by atoms with E-state index in [0.717, 1.165) is 5.92 Å². The van der Waals surface area contributed by atoms with Crippen molar-refractivity contribution in [1.82, 2.24) is 4.90 Å². The monoisotopic (exact) mass is 225 g/mol. The predicted octanol–water partition coefficient (Wildman–Crippen LogP) is 4.32. The van der Waals surface area contributed by atoms with Crippen LogP contribution >= 0.6 is 0 Å². The van der Waals surface area contributed by atoms with E-state index < -0.39 is 0 Å². The Kier molecular flexibility index (Phi) is 4.45. The van der Waals surface area contributed by atoms with Crippen LogP contribution in [0.5, 0.6) is 0 Å². The number of rotatable bonds is 4. The molecule has 1 fully saturated rings. The van der Waals surface area contributed by atoms with Gasteiger partial charge in [-0.05, 0) is 57.5 Å². The molecule has 1 heteroatoms. The Balaban J connectivity index is 2.62.